The van der Waals surface area contributed by atoms with Crippen LogP contribution in [-0.4, -0.2) is 47.3 Å². The van der Waals surface area contributed by atoms with E-state index in [1.54, 1.807) is 12.2 Å². The van der Waals surface area contributed by atoms with Crippen molar-refractivity contribution in [2.45, 2.75) is 11.7 Å². The summed E-state index contributed by atoms with van der Waals surface area (Å²) < 4.78 is 10.6. The third kappa shape index (κ3) is 1.90. The van der Waals surface area contributed by atoms with E-state index in [2.05, 4.69) is 0 Å². The molecule has 0 aromatic heterocycles. The zero-order valence-corrected chi connectivity index (χ0v) is 13.1. The van der Waals surface area contributed by atoms with Crippen LogP contribution in [0.2, 0.25) is 0 Å². The Morgan fingerprint density at radius 1 is 1.40 bits per heavy atom. The van der Waals surface area contributed by atoms with Crippen LogP contribution in [0.15, 0.2) is 30.4 Å². The molecule has 25 heavy (non-hydrogen) atoms. The largest absolute Gasteiger partial charge is 0.496 e. The van der Waals surface area contributed by atoms with Crippen LogP contribution in [0, 0.1) is 22.0 Å². The molecule has 0 spiro atoms. The maximum absolute atomic E-state index is 12.9. The van der Waals surface area contributed by atoms with Gasteiger partial charge in [0, 0.05) is 0 Å². The minimum atomic E-state index is -1.24. The van der Waals surface area contributed by atoms with E-state index < -0.39 is 52.6 Å². The molecule has 9 nitrogen and oxygen atoms in total. The average molecular weight is 346 g/mol. The topological polar surface area (TPSA) is 119 Å². The summed E-state index contributed by atoms with van der Waals surface area (Å²) in [5.41, 5.74) is -1.75. The van der Waals surface area contributed by atoms with Crippen LogP contribution in [0.1, 0.15) is 0 Å². The first-order valence-electron chi connectivity index (χ1n) is 7.62. The third-order valence-corrected chi connectivity index (χ3v) is 5.02. The van der Waals surface area contributed by atoms with Gasteiger partial charge < -0.3 is 14.6 Å². The Labute approximate surface area is 141 Å². The Bertz CT molecular complexity index is 836. The summed E-state index contributed by atoms with van der Waals surface area (Å²) in [7, 11) is 1.36. The number of aliphatic hydroxyl groups excluding tert-OH is 1. The fraction of sp³-hybridized carbons (Fsp3) is 0.375. The number of hydrogen-bond acceptors (Lipinski definition) is 7. The number of nitrogens with zero attached hydrogens (tertiary/aromatic N) is 2. The van der Waals surface area contributed by atoms with Gasteiger partial charge in [0.1, 0.15) is 17.0 Å². The Morgan fingerprint density at radius 3 is 2.80 bits per heavy atom. The highest BCUT2D eigenvalue weighted by molar-refractivity contribution is 6.24. The molecule has 3 aliphatic rings. The minimum absolute atomic E-state index is 0.109. The van der Waals surface area contributed by atoms with Crippen molar-refractivity contribution >= 4 is 23.2 Å². The fourth-order valence-corrected chi connectivity index (χ4v) is 3.89. The molecule has 3 aliphatic heterocycles. The summed E-state index contributed by atoms with van der Waals surface area (Å²) in [4.78, 5) is 37.3. The van der Waals surface area contributed by atoms with E-state index in [4.69, 9.17) is 9.47 Å². The Kier molecular flexibility index (Phi) is 3.21. The van der Waals surface area contributed by atoms with Crippen LogP contribution >= 0.6 is 0 Å². The lowest BCUT2D eigenvalue weighted by Gasteiger charge is -2.26. The average Bonchev–Trinajstić information content (AvgIpc) is 3.25. The van der Waals surface area contributed by atoms with Gasteiger partial charge in [-0.15, -0.1) is 0 Å². The van der Waals surface area contributed by atoms with Crippen molar-refractivity contribution in [1.82, 2.24) is 0 Å². The van der Waals surface area contributed by atoms with Crippen molar-refractivity contribution in [2.75, 3.05) is 18.6 Å². The molecule has 1 aromatic rings. The molecule has 0 aliphatic carbocycles. The molecule has 0 saturated carbocycles. The fourth-order valence-electron chi connectivity index (χ4n) is 3.89. The molecule has 3 heterocycles. The van der Waals surface area contributed by atoms with Crippen LogP contribution in [-0.2, 0) is 14.3 Å². The molecule has 9 heteroatoms. The van der Waals surface area contributed by atoms with Gasteiger partial charge in [-0.1, -0.05) is 12.2 Å². The zero-order valence-electron chi connectivity index (χ0n) is 13.1. The molecule has 1 N–H and O–H groups in total. The number of benzene rings is 1. The van der Waals surface area contributed by atoms with Gasteiger partial charge in [0.2, 0.25) is 11.8 Å². The van der Waals surface area contributed by atoms with Crippen molar-refractivity contribution in [3.8, 4) is 5.75 Å². The van der Waals surface area contributed by atoms with Gasteiger partial charge >= 0.3 is 0 Å². The number of hydrogen-bond donors (Lipinski definition) is 1. The lowest BCUT2D eigenvalue weighted by molar-refractivity contribution is -0.384. The molecule has 0 radical (unpaired) electrons. The van der Waals surface area contributed by atoms with E-state index in [0.29, 0.717) is 0 Å². The van der Waals surface area contributed by atoms with Crippen molar-refractivity contribution in [3.63, 3.8) is 0 Å². The number of amides is 2. The molecule has 4 rings (SSSR count). The van der Waals surface area contributed by atoms with Crippen molar-refractivity contribution < 1.29 is 29.1 Å². The zero-order chi connectivity index (χ0) is 17.9. The second kappa shape index (κ2) is 5.11. The number of aliphatic hydroxyl groups is 1. The van der Waals surface area contributed by atoms with Crippen LogP contribution in [0.3, 0.4) is 0 Å². The number of rotatable bonds is 4. The Morgan fingerprint density at radius 2 is 2.16 bits per heavy atom. The smallest absolute Gasteiger partial charge is 0.297 e. The highest BCUT2D eigenvalue weighted by atomic mass is 16.6. The standard InChI is InChI=1S/C16H14N2O7/c1-24-8-2-3-9(10(6-8)18(22)23)17-14(20)12-11-4-5-16(7-19,25-11)13(12)15(17)21/h2-6,11-13,19H,7H2,1H3/t11-,12-,13-,16+/m0/s1. The molecular formula is C16H14N2O7. The molecular weight excluding hydrogens is 332 g/mol. The highest BCUT2D eigenvalue weighted by Crippen LogP contribution is 2.53. The summed E-state index contributed by atoms with van der Waals surface area (Å²) in [6.07, 6.45) is 2.63. The summed E-state index contributed by atoms with van der Waals surface area (Å²) in [6.45, 7) is -0.446. The van der Waals surface area contributed by atoms with Gasteiger partial charge in [-0.2, -0.15) is 0 Å². The second-order valence-electron chi connectivity index (χ2n) is 6.18. The van der Waals surface area contributed by atoms with Crippen LogP contribution in [0.5, 0.6) is 5.75 Å². The molecule has 2 bridgehead atoms. The third-order valence-electron chi connectivity index (χ3n) is 5.02. The summed E-state index contributed by atoms with van der Waals surface area (Å²) >= 11 is 0. The van der Waals surface area contributed by atoms with E-state index in [1.807, 2.05) is 0 Å². The van der Waals surface area contributed by atoms with E-state index in [1.165, 1.54) is 19.2 Å². The van der Waals surface area contributed by atoms with E-state index in [9.17, 15) is 24.8 Å². The number of anilines is 1. The van der Waals surface area contributed by atoms with Crippen LogP contribution < -0.4 is 9.64 Å². The van der Waals surface area contributed by atoms with E-state index in [-0.39, 0.29) is 11.4 Å². The lowest BCUT2D eigenvalue weighted by Crippen LogP contribution is -2.43. The molecule has 2 fully saturated rings. The van der Waals surface area contributed by atoms with Gasteiger partial charge in [0.05, 0.1) is 42.6 Å². The molecule has 2 amide bonds. The first-order chi connectivity index (χ1) is 11.9. The highest BCUT2D eigenvalue weighted by Gasteiger charge is 2.68. The summed E-state index contributed by atoms with van der Waals surface area (Å²) in [5.74, 6) is -2.60. The number of methoxy groups -OCH3 is 1. The maximum Gasteiger partial charge on any atom is 0.297 e. The van der Waals surface area contributed by atoms with Gasteiger partial charge in [-0.05, 0) is 12.1 Å². The number of imide groups is 1. The predicted molar refractivity (Wildman–Crippen MR) is 83.0 cm³/mol. The number of nitro groups is 1. The number of carbonyl (C=O) groups is 2. The molecule has 1 aromatic carbocycles. The van der Waals surface area contributed by atoms with Crippen molar-refractivity contribution in [2.24, 2.45) is 11.8 Å². The monoisotopic (exact) mass is 346 g/mol. The minimum Gasteiger partial charge on any atom is -0.496 e. The first kappa shape index (κ1) is 15.7. The predicted octanol–water partition coefficient (Wildman–Crippen LogP) is 0.409. The van der Waals surface area contributed by atoms with Crippen LogP contribution in [0.25, 0.3) is 0 Å². The number of nitro benzene ring substituents is 1. The van der Waals surface area contributed by atoms with Gasteiger partial charge in [-0.25, -0.2) is 4.90 Å². The van der Waals surface area contributed by atoms with E-state index >= 15 is 0 Å². The lowest BCUT2D eigenvalue weighted by atomic mass is 9.77. The number of fused-ring (bicyclic) bond motifs is 5. The SMILES string of the molecule is COc1ccc(N2C(=O)[C@H]3[C@@H]4C=C[C@](CO)(O4)[C@@H]3C2=O)c([N+](=O)[O-])c1. The summed E-state index contributed by atoms with van der Waals surface area (Å²) in [5, 5.41) is 21.1. The van der Waals surface area contributed by atoms with Crippen LogP contribution in [0.4, 0.5) is 11.4 Å². The van der Waals surface area contributed by atoms with Crippen molar-refractivity contribution in [3.05, 3.63) is 40.5 Å². The first-order valence-corrected chi connectivity index (χ1v) is 7.62. The summed E-state index contributed by atoms with van der Waals surface area (Å²) in [6, 6.07) is 3.92. The Balaban J connectivity index is 1.80. The van der Waals surface area contributed by atoms with Gasteiger partial charge in [0.25, 0.3) is 5.69 Å². The quantitative estimate of drug-likeness (QED) is 0.363. The maximum atomic E-state index is 12.9. The Hall–Kier alpha value is -2.78. The van der Waals surface area contributed by atoms with Gasteiger partial charge in [-0.3, -0.25) is 19.7 Å². The molecule has 0 unspecified atom stereocenters. The van der Waals surface area contributed by atoms with E-state index in [0.717, 1.165) is 11.0 Å². The number of ether oxygens (including phenoxy) is 2. The molecule has 130 valence electrons. The molecule has 4 atom stereocenters. The normalized spacial score (nSPS) is 32.4. The second-order valence-corrected chi connectivity index (χ2v) is 6.18. The number of carbonyl (C=O) groups excluding carboxylic acids is 2. The van der Waals surface area contributed by atoms with Crippen molar-refractivity contribution in [1.29, 1.82) is 0 Å². The molecule has 2 saturated heterocycles. The van der Waals surface area contributed by atoms with Gasteiger partial charge in [0.15, 0.2) is 0 Å².